The zero-order valence-corrected chi connectivity index (χ0v) is 19.2. The van der Waals surface area contributed by atoms with Crippen molar-refractivity contribution in [3.8, 4) is 6.07 Å². The molecule has 1 unspecified atom stereocenters. The number of likely N-dealkylation sites (tertiary alicyclic amines) is 1. The van der Waals surface area contributed by atoms with Crippen molar-refractivity contribution in [2.45, 2.75) is 25.4 Å². The normalized spacial score (nSPS) is 18.2. The van der Waals surface area contributed by atoms with E-state index < -0.39 is 11.9 Å². The SMILES string of the molecule is N#CC1CN(C(=O)C(NC(=O)c2c[nH]c3ncc(N4Cc5c(Cl)cccc5C4=O)nc23)C2CC2)C1. The first-order valence-corrected chi connectivity index (χ1v) is 11.7. The zero-order chi connectivity index (χ0) is 24.3. The maximum Gasteiger partial charge on any atom is 0.260 e. The molecule has 2 N–H and O–H groups in total. The second-order valence-corrected chi connectivity index (χ2v) is 9.55. The number of hydrogen-bond donors (Lipinski definition) is 2. The van der Waals surface area contributed by atoms with Gasteiger partial charge in [-0.25, -0.2) is 9.97 Å². The van der Waals surface area contributed by atoms with E-state index in [0.717, 1.165) is 18.4 Å². The number of halogens is 1. The minimum atomic E-state index is -0.639. The molecule has 0 spiro atoms. The number of H-pyrrole nitrogens is 1. The molecule has 1 aromatic carbocycles. The first-order chi connectivity index (χ1) is 16.9. The first kappa shape index (κ1) is 21.6. The highest BCUT2D eigenvalue weighted by Crippen LogP contribution is 2.35. The number of aromatic amines is 1. The summed E-state index contributed by atoms with van der Waals surface area (Å²) in [6, 6.07) is 6.70. The Bertz CT molecular complexity index is 1430. The van der Waals surface area contributed by atoms with E-state index in [4.69, 9.17) is 16.9 Å². The van der Waals surface area contributed by atoms with Crippen LogP contribution in [0.15, 0.2) is 30.6 Å². The van der Waals surface area contributed by atoms with Gasteiger partial charge in [-0.15, -0.1) is 0 Å². The number of carbonyl (C=O) groups is 3. The Balaban J connectivity index is 1.25. The molecule has 1 aliphatic carbocycles. The molecule has 3 aromatic rings. The van der Waals surface area contributed by atoms with E-state index in [1.54, 1.807) is 23.1 Å². The molecule has 176 valence electrons. The Kier molecular flexibility index (Phi) is 4.96. The number of rotatable bonds is 5. The topological polar surface area (TPSA) is 135 Å². The van der Waals surface area contributed by atoms with Crippen molar-refractivity contribution in [1.29, 1.82) is 5.26 Å². The van der Waals surface area contributed by atoms with Gasteiger partial charge in [-0.1, -0.05) is 17.7 Å². The molecule has 0 bridgehead atoms. The number of anilines is 1. The standard InChI is InChI=1S/C24H20ClN7O3/c25-17-3-1-2-14-16(17)11-32(23(14)34)18-8-28-21-20(29-18)15(7-27-21)22(33)30-19(13-4-5-13)24(35)31-9-12(6-26)10-31/h1-3,7-8,12-13,19H,4-5,9-11H2,(H,27,28)(H,30,33). The Hall–Kier alpha value is -3.97. The minimum absolute atomic E-state index is 0.0879. The van der Waals surface area contributed by atoms with Crippen LogP contribution in [0.2, 0.25) is 5.02 Å². The summed E-state index contributed by atoms with van der Waals surface area (Å²) in [4.78, 5) is 54.1. The van der Waals surface area contributed by atoms with Crippen molar-refractivity contribution in [3.63, 3.8) is 0 Å². The molecule has 2 fully saturated rings. The van der Waals surface area contributed by atoms with Crippen LogP contribution >= 0.6 is 11.6 Å². The molecular formula is C24H20ClN7O3. The second kappa shape index (κ2) is 8.06. The molecule has 4 heterocycles. The molecule has 3 aliphatic rings. The Labute approximate surface area is 204 Å². The first-order valence-electron chi connectivity index (χ1n) is 11.4. The number of aromatic nitrogens is 3. The summed E-state index contributed by atoms with van der Waals surface area (Å²) in [6.45, 7) is 1.05. The van der Waals surface area contributed by atoms with E-state index >= 15 is 0 Å². The lowest BCUT2D eigenvalue weighted by Crippen LogP contribution is -2.57. The van der Waals surface area contributed by atoms with E-state index in [9.17, 15) is 14.4 Å². The Morgan fingerprint density at radius 3 is 2.80 bits per heavy atom. The molecule has 3 amide bonds. The van der Waals surface area contributed by atoms with Crippen LogP contribution in [0.5, 0.6) is 0 Å². The molecule has 0 radical (unpaired) electrons. The van der Waals surface area contributed by atoms with Crippen molar-refractivity contribution < 1.29 is 14.4 Å². The van der Waals surface area contributed by atoms with Gasteiger partial charge in [-0.3, -0.25) is 19.3 Å². The van der Waals surface area contributed by atoms with E-state index in [1.807, 2.05) is 0 Å². The monoisotopic (exact) mass is 489 g/mol. The lowest BCUT2D eigenvalue weighted by atomic mass is 9.99. The van der Waals surface area contributed by atoms with Crippen molar-refractivity contribution in [3.05, 3.63) is 52.3 Å². The molecule has 1 saturated heterocycles. The van der Waals surface area contributed by atoms with E-state index in [2.05, 4.69) is 26.3 Å². The van der Waals surface area contributed by atoms with Gasteiger partial charge in [0.05, 0.1) is 30.3 Å². The largest absolute Gasteiger partial charge is 0.344 e. The van der Waals surface area contributed by atoms with Crippen molar-refractivity contribution in [2.75, 3.05) is 18.0 Å². The van der Waals surface area contributed by atoms with Crippen LogP contribution in [-0.2, 0) is 11.3 Å². The van der Waals surface area contributed by atoms with E-state index in [0.29, 0.717) is 40.7 Å². The summed E-state index contributed by atoms with van der Waals surface area (Å²) < 4.78 is 0. The van der Waals surface area contributed by atoms with Gasteiger partial charge >= 0.3 is 0 Å². The Morgan fingerprint density at radius 2 is 2.09 bits per heavy atom. The summed E-state index contributed by atoms with van der Waals surface area (Å²) in [7, 11) is 0. The molecular weight excluding hydrogens is 470 g/mol. The highest BCUT2D eigenvalue weighted by molar-refractivity contribution is 6.32. The lowest BCUT2D eigenvalue weighted by molar-refractivity contribution is -0.138. The lowest BCUT2D eigenvalue weighted by Gasteiger charge is -2.37. The number of nitriles is 1. The van der Waals surface area contributed by atoms with E-state index in [1.165, 1.54) is 17.3 Å². The highest BCUT2D eigenvalue weighted by Gasteiger charge is 2.43. The van der Waals surface area contributed by atoms with Gasteiger partial charge in [0.2, 0.25) is 5.91 Å². The second-order valence-electron chi connectivity index (χ2n) is 9.14. The number of nitrogens with zero attached hydrogens (tertiary/aromatic N) is 5. The van der Waals surface area contributed by atoms with Crippen molar-refractivity contribution in [2.24, 2.45) is 11.8 Å². The number of nitrogens with one attached hydrogen (secondary N) is 2. The van der Waals surface area contributed by atoms with Gasteiger partial charge < -0.3 is 15.2 Å². The number of carbonyl (C=O) groups excluding carboxylic acids is 3. The number of benzene rings is 1. The zero-order valence-electron chi connectivity index (χ0n) is 18.5. The average Bonchev–Trinajstić information content (AvgIpc) is 3.48. The fourth-order valence-electron chi connectivity index (χ4n) is 4.63. The van der Waals surface area contributed by atoms with Crippen molar-refractivity contribution >= 4 is 46.3 Å². The Morgan fingerprint density at radius 1 is 1.29 bits per heavy atom. The molecule has 2 aromatic heterocycles. The van der Waals surface area contributed by atoms with Gasteiger partial charge in [0.1, 0.15) is 11.6 Å². The quantitative estimate of drug-likeness (QED) is 0.564. The smallest absolute Gasteiger partial charge is 0.260 e. The summed E-state index contributed by atoms with van der Waals surface area (Å²) in [5.74, 6) is -0.583. The fraction of sp³-hybridized carbons (Fsp3) is 0.333. The molecule has 1 atom stereocenters. The third-order valence-corrected chi connectivity index (χ3v) is 7.18. The molecule has 11 heteroatoms. The molecule has 1 saturated carbocycles. The van der Waals surface area contributed by atoms with Crippen LogP contribution in [0, 0.1) is 23.2 Å². The molecule has 35 heavy (non-hydrogen) atoms. The summed E-state index contributed by atoms with van der Waals surface area (Å²) in [6.07, 6.45) is 4.71. The fourth-order valence-corrected chi connectivity index (χ4v) is 4.87. The highest BCUT2D eigenvalue weighted by atomic mass is 35.5. The molecule has 6 rings (SSSR count). The molecule has 10 nitrogen and oxygen atoms in total. The summed E-state index contributed by atoms with van der Waals surface area (Å²) in [5, 5.41) is 12.4. The minimum Gasteiger partial charge on any atom is -0.344 e. The van der Waals surface area contributed by atoms with E-state index in [-0.39, 0.29) is 35.8 Å². The number of amides is 3. The van der Waals surface area contributed by atoms with Gasteiger partial charge in [0.15, 0.2) is 11.5 Å². The number of fused-ring (bicyclic) bond motifs is 2. The summed E-state index contributed by atoms with van der Waals surface area (Å²) >= 11 is 6.27. The van der Waals surface area contributed by atoms with Crippen LogP contribution in [0.3, 0.4) is 0 Å². The molecule has 2 aliphatic heterocycles. The maximum atomic E-state index is 13.2. The summed E-state index contributed by atoms with van der Waals surface area (Å²) in [5.41, 5.74) is 2.19. The van der Waals surface area contributed by atoms with Gasteiger partial charge in [-0.2, -0.15) is 5.26 Å². The predicted octanol–water partition coefficient (Wildman–Crippen LogP) is 2.26. The van der Waals surface area contributed by atoms with Crippen LogP contribution in [0.25, 0.3) is 11.2 Å². The van der Waals surface area contributed by atoms with Crippen LogP contribution in [0.1, 0.15) is 39.1 Å². The third kappa shape index (κ3) is 3.59. The van der Waals surface area contributed by atoms with Crippen LogP contribution in [0.4, 0.5) is 5.82 Å². The van der Waals surface area contributed by atoms with Crippen LogP contribution in [-0.4, -0.2) is 56.7 Å². The predicted molar refractivity (Wildman–Crippen MR) is 126 cm³/mol. The maximum absolute atomic E-state index is 13.2. The number of hydrogen-bond acceptors (Lipinski definition) is 6. The van der Waals surface area contributed by atoms with Gasteiger partial charge in [0, 0.05) is 35.4 Å². The third-order valence-electron chi connectivity index (χ3n) is 6.82. The van der Waals surface area contributed by atoms with Gasteiger partial charge in [-0.05, 0) is 30.9 Å². The average molecular weight is 490 g/mol. The van der Waals surface area contributed by atoms with Gasteiger partial charge in [0.25, 0.3) is 11.8 Å². The van der Waals surface area contributed by atoms with Crippen LogP contribution < -0.4 is 10.2 Å². The van der Waals surface area contributed by atoms with Crippen molar-refractivity contribution in [1.82, 2.24) is 25.2 Å².